The fourth-order valence-electron chi connectivity index (χ4n) is 10.2. The molecule has 5 fully saturated rings. The number of allylic oxidation sites excluding steroid dienone is 2. The van der Waals surface area contributed by atoms with Crippen molar-refractivity contribution in [1.82, 2.24) is 0 Å². The molecule has 1 nitrogen and oxygen atoms in total. The van der Waals surface area contributed by atoms with Crippen molar-refractivity contribution in [3.05, 3.63) is 11.6 Å². The molecule has 0 N–H and O–H groups in total. The van der Waals surface area contributed by atoms with E-state index in [0.29, 0.717) is 22.3 Å². The molecule has 1 spiro atoms. The van der Waals surface area contributed by atoms with Gasteiger partial charge in [-0.2, -0.15) is 0 Å². The molecular formula is C27H44O. The van der Waals surface area contributed by atoms with Crippen LogP contribution in [0.2, 0.25) is 0 Å². The summed E-state index contributed by atoms with van der Waals surface area (Å²) in [5, 5.41) is 0. The van der Waals surface area contributed by atoms with Gasteiger partial charge in [-0.25, -0.2) is 0 Å². The van der Waals surface area contributed by atoms with Crippen molar-refractivity contribution in [2.45, 2.75) is 98.5 Å². The van der Waals surface area contributed by atoms with E-state index in [-0.39, 0.29) is 0 Å². The van der Waals surface area contributed by atoms with Crippen LogP contribution in [0.1, 0.15) is 92.4 Å². The van der Waals surface area contributed by atoms with Crippen LogP contribution in [0.4, 0.5) is 0 Å². The topological polar surface area (TPSA) is 9.23 Å². The third-order valence-electron chi connectivity index (χ3n) is 11.6. The molecule has 5 rings (SSSR count). The Kier molecular flexibility index (Phi) is 4.46. The van der Waals surface area contributed by atoms with E-state index in [1.165, 1.54) is 57.8 Å². The van der Waals surface area contributed by atoms with E-state index in [0.717, 1.165) is 35.5 Å². The van der Waals surface area contributed by atoms with Gasteiger partial charge in [0, 0.05) is 12.5 Å². The summed E-state index contributed by atoms with van der Waals surface area (Å²) in [5.74, 6) is 5.48. The van der Waals surface area contributed by atoms with Gasteiger partial charge in [0.05, 0.1) is 6.10 Å². The van der Waals surface area contributed by atoms with Gasteiger partial charge >= 0.3 is 0 Å². The maximum Gasteiger partial charge on any atom is 0.0638 e. The van der Waals surface area contributed by atoms with Crippen molar-refractivity contribution in [2.24, 2.45) is 51.8 Å². The van der Waals surface area contributed by atoms with Gasteiger partial charge in [-0.1, -0.05) is 39.3 Å². The van der Waals surface area contributed by atoms with Gasteiger partial charge < -0.3 is 4.74 Å². The van der Waals surface area contributed by atoms with E-state index in [4.69, 9.17) is 4.74 Å². The summed E-state index contributed by atoms with van der Waals surface area (Å²) < 4.78 is 6.28. The normalized spacial score (nSPS) is 55.9. The largest absolute Gasteiger partial charge is 0.381 e. The smallest absolute Gasteiger partial charge is 0.0638 e. The first-order valence-electron chi connectivity index (χ1n) is 12.5. The van der Waals surface area contributed by atoms with Gasteiger partial charge in [-0.3, -0.25) is 0 Å². The van der Waals surface area contributed by atoms with Crippen LogP contribution in [-0.4, -0.2) is 13.2 Å². The number of ether oxygens (including phenoxy) is 1. The van der Waals surface area contributed by atoms with Crippen molar-refractivity contribution in [1.29, 1.82) is 0 Å². The van der Waals surface area contributed by atoms with E-state index in [1.807, 2.05) is 7.11 Å². The minimum atomic E-state index is 0.548. The summed E-state index contributed by atoms with van der Waals surface area (Å²) in [4.78, 5) is 0. The van der Waals surface area contributed by atoms with E-state index >= 15 is 0 Å². The Morgan fingerprint density at radius 1 is 1.11 bits per heavy atom. The van der Waals surface area contributed by atoms with Gasteiger partial charge in [0.1, 0.15) is 0 Å². The number of rotatable bonds is 4. The Hall–Kier alpha value is -0.300. The summed E-state index contributed by atoms with van der Waals surface area (Å²) in [6, 6.07) is 0. The molecule has 5 aliphatic rings. The zero-order chi connectivity index (χ0) is 19.9. The summed E-state index contributed by atoms with van der Waals surface area (Å²) in [5.41, 5.74) is 3.30. The third kappa shape index (κ3) is 2.29. The average Bonchev–Trinajstić information content (AvgIpc) is 3.18. The zero-order valence-corrected chi connectivity index (χ0v) is 19.4. The summed E-state index contributed by atoms with van der Waals surface area (Å²) in [6.45, 7) is 12.6. The van der Waals surface area contributed by atoms with Crippen LogP contribution >= 0.6 is 0 Å². The lowest BCUT2D eigenvalue weighted by atomic mass is 9.45. The Balaban J connectivity index is 1.44. The van der Waals surface area contributed by atoms with Crippen molar-refractivity contribution in [3.8, 4) is 0 Å². The molecule has 0 aromatic heterocycles. The molecule has 0 aliphatic heterocycles. The van der Waals surface area contributed by atoms with Crippen LogP contribution in [-0.2, 0) is 4.74 Å². The quantitative estimate of drug-likeness (QED) is 0.463. The zero-order valence-electron chi connectivity index (χ0n) is 19.4. The Bertz CT molecular complexity index is 665. The van der Waals surface area contributed by atoms with Crippen molar-refractivity contribution in [3.63, 3.8) is 0 Å². The molecule has 5 aliphatic carbocycles. The van der Waals surface area contributed by atoms with E-state index in [2.05, 4.69) is 40.7 Å². The number of fused-ring (bicyclic) bond motifs is 4. The lowest BCUT2D eigenvalue weighted by Gasteiger charge is -2.61. The average molecular weight is 385 g/mol. The second-order valence-electron chi connectivity index (χ2n) is 12.2. The molecule has 1 heteroatoms. The molecule has 28 heavy (non-hydrogen) atoms. The molecule has 0 bridgehead atoms. The van der Waals surface area contributed by atoms with Crippen molar-refractivity contribution >= 4 is 0 Å². The van der Waals surface area contributed by atoms with E-state index in [9.17, 15) is 0 Å². The highest BCUT2D eigenvalue weighted by molar-refractivity contribution is 5.26. The second-order valence-corrected chi connectivity index (χ2v) is 12.2. The van der Waals surface area contributed by atoms with Gasteiger partial charge in [0.15, 0.2) is 0 Å². The van der Waals surface area contributed by atoms with Gasteiger partial charge in [0.25, 0.3) is 0 Å². The number of methoxy groups -OCH3 is 1. The molecule has 0 aromatic rings. The molecule has 0 saturated heterocycles. The Labute approximate surface area is 174 Å². The van der Waals surface area contributed by atoms with Crippen LogP contribution in [0, 0.1) is 51.8 Å². The minimum Gasteiger partial charge on any atom is -0.381 e. The summed E-state index contributed by atoms with van der Waals surface area (Å²) in [6.07, 6.45) is 16.1. The Morgan fingerprint density at radius 3 is 2.57 bits per heavy atom. The standard InChI is InChI=1S/C27H44O/c1-7-17(2)14-18(3)21-8-9-22-20-15-24(28-6)27-16-19(27)10-13-26(27,5)23(20)11-12-25(21,22)4/h14,18-24H,7-13,15-16H2,1-6H3/b17-14-/t18-,19-,20+,21-,22+,23+,24-,25-,26-,27+/m1/s1. The molecule has 158 valence electrons. The summed E-state index contributed by atoms with van der Waals surface area (Å²) in [7, 11) is 2.02. The second kappa shape index (κ2) is 6.35. The van der Waals surface area contributed by atoms with Crippen LogP contribution in [0.15, 0.2) is 11.6 Å². The highest BCUT2D eigenvalue weighted by Crippen LogP contribution is 2.82. The van der Waals surface area contributed by atoms with E-state index < -0.39 is 0 Å². The van der Waals surface area contributed by atoms with Crippen LogP contribution < -0.4 is 0 Å². The number of hydrogen-bond donors (Lipinski definition) is 0. The maximum absolute atomic E-state index is 6.28. The maximum atomic E-state index is 6.28. The summed E-state index contributed by atoms with van der Waals surface area (Å²) >= 11 is 0. The van der Waals surface area contributed by atoms with Gasteiger partial charge in [-0.05, 0) is 111 Å². The SMILES string of the molecule is CC/C(C)=C\[C@@H](C)[C@H]1CC[C@H]2[C@@H]3C[C@@H](OC)[C@]45C[C@H]4CC[C@]5(C)[C@H]3CC[C@]12C. The first kappa shape index (κ1) is 19.7. The molecule has 5 saturated carbocycles. The molecule has 0 amide bonds. The molecule has 0 unspecified atom stereocenters. The van der Waals surface area contributed by atoms with Crippen molar-refractivity contribution in [2.75, 3.05) is 7.11 Å². The highest BCUT2D eigenvalue weighted by atomic mass is 16.5. The van der Waals surface area contributed by atoms with Crippen LogP contribution in [0.5, 0.6) is 0 Å². The lowest BCUT2D eigenvalue weighted by molar-refractivity contribution is -0.160. The lowest BCUT2D eigenvalue weighted by Crippen LogP contribution is -2.57. The fourth-order valence-corrected chi connectivity index (χ4v) is 10.2. The molecular weight excluding hydrogens is 340 g/mol. The highest BCUT2D eigenvalue weighted by Gasteiger charge is 2.77. The minimum absolute atomic E-state index is 0.548. The number of hydrogen-bond acceptors (Lipinski definition) is 1. The predicted octanol–water partition coefficient (Wildman–Crippen LogP) is 7.26. The first-order chi connectivity index (χ1) is 13.3. The van der Waals surface area contributed by atoms with Gasteiger partial charge in [-0.15, -0.1) is 0 Å². The van der Waals surface area contributed by atoms with Gasteiger partial charge in [0.2, 0.25) is 0 Å². The molecule has 0 aromatic carbocycles. The molecule has 0 radical (unpaired) electrons. The predicted molar refractivity (Wildman–Crippen MR) is 117 cm³/mol. The van der Waals surface area contributed by atoms with E-state index in [1.54, 1.807) is 5.57 Å². The third-order valence-corrected chi connectivity index (χ3v) is 11.6. The fraction of sp³-hybridized carbons (Fsp3) is 0.926. The van der Waals surface area contributed by atoms with Crippen LogP contribution in [0.3, 0.4) is 0 Å². The van der Waals surface area contributed by atoms with Crippen molar-refractivity contribution < 1.29 is 4.74 Å². The molecule has 10 atom stereocenters. The molecule has 0 heterocycles. The van der Waals surface area contributed by atoms with Crippen LogP contribution in [0.25, 0.3) is 0 Å². The first-order valence-corrected chi connectivity index (χ1v) is 12.5. The Morgan fingerprint density at radius 2 is 1.89 bits per heavy atom. The monoisotopic (exact) mass is 384 g/mol.